The van der Waals surface area contributed by atoms with Crippen LogP contribution < -0.4 is 4.90 Å². The molecular weight excluding hydrogens is 446 g/mol. The maximum absolute atomic E-state index is 12.9. The number of rotatable bonds is 5. The zero-order valence-electron chi connectivity index (χ0n) is 19.8. The van der Waals surface area contributed by atoms with Crippen molar-refractivity contribution >= 4 is 23.6 Å². The number of carbonyl (C=O) groups is 2. The number of anilines is 1. The van der Waals surface area contributed by atoms with E-state index in [4.69, 9.17) is 8.94 Å². The first kappa shape index (κ1) is 22.9. The van der Waals surface area contributed by atoms with Gasteiger partial charge in [0.1, 0.15) is 5.76 Å². The molecule has 0 atom stereocenters. The molecule has 2 aliphatic heterocycles. The summed E-state index contributed by atoms with van der Waals surface area (Å²) in [6, 6.07) is 11.6. The van der Waals surface area contributed by atoms with E-state index in [-0.39, 0.29) is 17.7 Å². The van der Waals surface area contributed by atoms with Crippen LogP contribution in [0.1, 0.15) is 36.2 Å². The number of carbonyl (C=O) groups excluding carboxylic acids is 2. The van der Waals surface area contributed by atoms with Crippen LogP contribution in [-0.4, -0.2) is 71.0 Å². The van der Waals surface area contributed by atoms with Crippen molar-refractivity contribution in [2.24, 2.45) is 5.92 Å². The highest BCUT2D eigenvalue weighted by molar-refractivity contribution is 5.92. The summed E-state index contributed by atoms with van der Waals surface area (Å²) >= 11 is 0. The Morgan fingerprint density at radius 3 is 2.37 bits per heavy atom. The number of hydrogen-bond acceptors (Lipinski definition) is 7. The van der Waals surface area contributed by atoms with Gasteiger partial charge < -0.3 is 23.6 Å². The van der Waals surface area contributed by atoms with Crippen molar-refractivity contribution in [1.82, 2.24) is 19.9 Å². The Hall–Kier alpha value is -3.88. The number of benzene rings is 1. The van der Waals surface area contributed by atoms with Gasteiger partial charge in [-0.25, -0.2) is 0 Å². The predicted octanol–water partition coefficient (Wildman–Crippen LogP) is 3.56. The minimum Gasteiger partial charge on any atom is -0.465 e. The van der Waals surface area contributed by atoms with Crippen molar-refractivity contribution in [3.63, 3.8) is 0 Å². The number of piperazine rings is 1. The van der Waals surface area contributed by atoms with Crippen LogP contribution in [-0.2, 0) is 4.79 Å². The maximum atomic E-state index is 12.9. The molecule has 0 unspecified atom stereocenters. The van der Waals surface area contributed by atoms with Gasteiger partial charge in [-0.1, -0.05) is 12.1 Å². The van der Waals surface area contributed by atoms with Crippen molar-refractivity contribution in [1.29, 1.82) is 0 Å². The van der Waals surface area contributed by atoms with Crippen LogP contribution >= 0.6 is 0 Å². The SMILES string of the molecule is CC1CCN(c2ccc(-c3noc(C(=O)N4CCN(C(=O)C=Cc5ccco5)CC4)n3)cc2)CC1. The summed E-state index contributed by atoms with van der Waals surface area (Å²) in [5, 5.41) is 4.02. The van der Waals surface area contributed by atoms with Gasteiger partial charge in [-0.15, -0.1) is 0 Å². The molecule has 0 N–H and O–H groups in total. The first-order valence-corrected chi connectivity index (χ1v) is 12.1. The van der Waals surface area contributed by atoms with Crippen LogP contribution in [0.2, 0.25) is 0 Å². The molecule has 35 heavy (non-hydrogen) atoms. The fraction of sp³-hybridized carbons (Fsp3) is 0.385. The molecule has 2 fully saturated rings. The molecule has 9 nitrogen and oxygen atoms in total. The Morgan fingerprint density at radius 1 is 0.971 bits per heavy atom. The lowest BCUT2D eigenvalue weighted by Crippen LogP contribution is -2.50. The molecule has 5 rings (SSSR count). The molecule has 0 saturated carbocycles. The quantitative estimate of drug-likeness (QED) is 0.521. The van der Waals surface area contributed by atoms with Crippen LogP contribution in [0.4, 0.5) is 5.69 Å². The number of aromatic nitrogens is 2. The maximum Gasteiger partial charge on any atom is 0.316 e. The predicted molar refractivity (Wildman–Crippen MR) is 131 cm³/mol. The first-order valence-electron chi connectivity index (χ1n) is 12.1. The molecule has 0 aliphatic carbocycles. The van der Waals surface area contributed by atoms with Crippen LogP contribution in [0.5, 0.6) is 0 Å². The molecule has 2 aromatic heterocycles. The second kappa shape index (κ2) is 10.2. The zero-order valence-corrected chi connectivity index (χ0v) is 19.8. The molecule has 9 heteroatoms. The molecular formula is C26H29N5O4. The number of furan rings is 1. The van der Waals surface area contributed by atoms with Gasteiger partial charge in [0.2, 0.25) is 11.7 Å². The van der Waals surface area contributed by atoms with Gasteiger partial charge in [0, 0.05) is 56.6 Å². The van der Waals surface area contributed by atoms with E-state index < -0.39 is 0 Å². The average molecular weight is 476 g/mol. The van der Waals surface area contributed by atoms with Crippen LogP contribution in [0.25, 0.3) is 17.5 Å². The Morgan fingerprint density at radius 2 is 1.69 bits per heavy atom. The van der Waals surface area contributed by atoms with Gasteiger partial charge in [-0.2, -0.15) is 4.98 Å². The Bertz CT molecular complexity index is 1170. The second-order valence-electron chi connectivity index (χ2n) is 9.11. The molecule has 0 radical (unpaired) electrons. The summed E-state index contributed by atoms with van der Waals surface area (Å²) < 4.78 is 10.5. The number of nitrogens with zero attached hydrogens (tertiary/aromatic N) is 5. The third-order valence-electron chi connectivity index (χ3n) is 6.70. The summed E-state index contributed by atoms with van der Waals surface area (Å²) in [5.41, 5.74) is 1.99. The van der Waals surface area contributed by atoms with E-state index in [1.165, 1.54) is 24.6 Å². The summed E-state index contributed by atoms with van der Waals surface area (Å²) in [6.07, 6.45) is 7.10. The van der Waals surface area contributed by atoms with Gasteiger partial charge in [0.25, 0.3) is 0 Å². The Labute approximate surface area is 204 Å². The van der Waals surface area contributed by atoms with E-state index in [0.29, 0.717) is 37.8 Å². The van der Waals surface area contributed by atoms with Crippen molar-refractivity contribution in [3.05, 3.63) is 60.4 Å². The van der Waals surface area contributed by atoms with Gasteiger partial charge >= 0.3 is 11.8 Å². The summed E-state index contributed by atoms with van der Waals surface area (Å²) in [5.74, 6) is 1.33. The van der Waals surface area contributed by atoms with E-state index in [1.807, 2.05) is 12.1 Å². The van der Waals surface area contributed by atoms with Crippen molar-refractivity contribution in [2.45, 2.75) is 19.8 Å². The van der Waals surface area contributed by atoms with Crippen LogP contribution in [0.3, 0.4) is 0 Å². The third-order valence-corrected chi connectivity index (χ3v) is 6.70. The second-order valence-corrected chi connectivity index (χ2v) is 9.11. The normalized spacial score (nSPS) is 17.3. The van der Waals surface area contributed by atoms with E-state index in [9.17, 15) is 9.59 Å². The zero-order chi connectivity index (χ0) is 24.2. The molecule has 0 spiro atoms. The van der Waals surface area contributed by atoms with Crippen LogP contribution in [0.15, 0.2) is 57.7 Å². The van der Waals surface area contributed by atoms with E-state index in [1.54, 1.807) is 34.3 Å². The van der Waals surface area contributed by atoms with Gasteiger partial charge in [-0.05, 0) is 61.2 Å². The lowest BCUT2D eigenvalue weighted by Gasteiger charge is -2.33. The minimum absolute atomic E-state index is 0.0356. The van der Waals surface area contributed by atoms with Gasteiger partial charge in [0.05, 0.1) is 6.26 Å². The third kappa shape index (κ3) is 5.29. The van der Waals surface area contributed by atoms with Crippen molar-refractivity contribution in [2.75, 3.05) is 44.2 Å². The lowest BCUT2D eigenvalue weighted by atomic mass is 9.98. The number of hydrogen-bond donors (Lipinski definition) is 0. The highest BCUT2D eigenvalue weighted by Crippen LogP contribution is 2.25. The first-order chi connectivity index (χ1) is 17.1. The summed E-state index contributed by atoms with van der Waals surface area (Å²) in [7, 11) is 0. The minimum atomic E-state index is -0.318. The smallest absolute Gasteiger partial charge is 0.316 e. The molecule has 2 saturated heterocycles. The number of piperidine rings is 1. The summed E-state index contributed by atoms with van der Waals surface area (Å²) in [6.45, 7) is 6.12. The fourth-order valence-corrected chi connectivity index (χ4v) is 4.43. The molecule has 1 aromatic carbocycles. The molecule has 2 amide bonds. The molecule has 3 aromatic rings. The molecule has 4 heterocycles. The lowest BCUT2D eigenvalue weighted by molar-refractivity contribution is -0.127. The Kier molecular flexibility index (Phi) is 6.65. The number of amides is 2. The monoisotopic (exact) mass is 475 g/mol. The van der Waals surface area contributed by atoms with E-state index >= 15 is 0 Å². The molecule has 182 valence electrons. The van der Waals surface area contributed by atoms with E-state index in [0.717, 1.165) is 24.6 Å². The summed E-state index contributed by atoms with van der Waals surface area (Å²) in [4.78, 5) is 35.3. The standard InChI is InChI=1S/C26H29N5O4/c1-19-10-12-29(13-11-19)21-6-4-20(5-7-21)24-27-25(35-28-24)26(33)31-16-14-30(15-17-31)23(32)9-8-22-3-2-18-34-22/h2-9,18-19H,10-17H2,1H3. The topological polar surface area (TPSA) is 95.9 Å². The highest BCUT2D eigenvalue weighted by Gasteiger charge is 2.27. The fourth-order valence-electron chi connectivity index (χ4n) is 4.43. The Balaban J connectivity index is 1.16. The average Bonchev–Trinajstić information content (AvgIpc) is 3.60. The van der Waals surface area contributed by atoms with Gasteiger partial charge in [-0.3, -0.25) is 9.59 Å². The van der Waals surface area contributed by atoms with E-state index in [2.05, 4.69) is 34.1 Å². The van der Waals surface area contributed by atoms with Crippen molar-refractivity contribution < 1.29 is 18.5 Å². The van der Waals surface area contributed by atoms with Crippen molar-refractivity contribution in [3.8, 4) is 11.4 Å². The largest absolute Gasteiger partial charge is 0.465 e. The molecule has 0 bridgehead atoms. The molecule has 2 aliphatic rings. The van der Waals surface area contributed by atoms with Gasteiger partial charge in [0.15, 0.2) is 0 Å². The van der Waals surface area contributed by atoms with Crippen LogP contribution in [0, 0.1) is 5.92 Å². The highest BCUT2D eigenvalue weighted by atomic mass is 16.5.